The Kier molecular flexibility index (Phi) is 6.14. The van der Waals surface area contributed by atoms with Crippen LogP contribution in [0, 0.1) is 0 Å². The van der Waals surface area contributed by atoms with E-state index >= 15 is 0 Å². The molecule has 0 radical (unpaired) electrons. The number of hydrogen-bond donors (Lipinski definition) is 1. The van der Waals surface area contributed by atoms with Gasteiger partial charge in [0.1, 0.15) is 5.75 Å². The molecule has 0 aliphatic carbocycles. The lowest BCUT2D eigenvalue weighted by Gasteiger charge is -2.26. The summed E-state index contributed by atoms with van der Waals surface area (Å²) in [5, 5.41) is 2.51. The predicted octanol–water partition coefficient (Wildman–Crippen LogP) is 3.25. The molecule has 0 saturated heterocycles. The van der Waals surface area contributed by atoms with Crippen molar-refractivity contribution in [2.75, 3.05) is 19.0 Å². The number of alkyl halides is 2. The van der Waals surface area contributed by atoms with Gasteiger partial charge in [0.2, 0.25) is 0 Å². The van der Waals surface area contributed by atoms with Gasteiger partial charge in [0.05, 0.1) is 13.7 Å². The zero-order valence-corrected chi connectivity index (χ0v) is 12.1. The molecule has 0 spiro atoms. The standard InChI is InChI=1S/C15H19F2NO3/c1-4-10-15(16,17)13(14(19)21-5-2)18-11-6-8-12(20-3)9-7-11/h4,6-9,13,18H,1,5,10H2,2-3H3/t13-/m1/s1. The number of esters is 1. The first kappa shape index (κ1) is 16.9. The van der Waals surface area contributed by atoms with Gasteiger partial charge in [-0.05, 0) is 31.2 Å². The van der Waals surface area contributed by atoms with E-state index in [0.29, 0.717) is 11.4 Å². The van der Waals surface area contributed by atoms with Gasteiger partial charge in [-0.1, -0.05) is 6.08 Å². The lowest BCUT2D eigenvalue weighted by atomic mass is 10.1. The summed E-state index contributed by atoms with van der Waals surface area (Å²) in [6.45, 7) is 4.88. The van der Waals surface area contributed by atoms with Gasteiger partial charge in [0, 0.05) is 12.1 Å². The Labute approximate surface area is 122 Å². The number of allylic oxidation sites excluding steroid dienone is 1. The van der Waals surface area contributed by atoms with Crippen LogP contribution in [0.2, 0.25) is 0 Å². The number of carbonyl (C=O) groups is 1. The molecule has 0 aliphatic heterocycles. The third kappa shape index (κ3) is 4.73. The Hall–Kier alpha value is -2.11. The molecule has 0 amide bonds. The first-order chi connectivity index (χ1) is 9.94. The smallest absolute Gasteiger partial charge is 0.334 e. The van der Waals surface area contributed by atoms with E-state index in [1.54, 1.807) is 31.2 Å². The zero-order valence-electron chi connectivity index (χ0n) is 12.1. The number of methoxy groups -OCH3 is 1. The fourth-order valence-corrected chi connectivity index (χ4v) is 1.73. The summed E-state index contributed by atoms with van der Waals surface area (Å²) in [5.74, 6) is -3.71. The van der Waals surface area contributed by atoms with Crippen molar-refractivity contribution in [3.05, 3.63) is 36.9 Å². The highest BCUT2D eigenvalue weighted by Crippen LogP contribution is 2.28. The van der Waals surface area contributed by atoms with Gasteiger partial charge in [-0.25, -0.2) is 13.6 Å². The van der Waals surface area contributed by atoms with Crippen molar-refractivity contribution in [3.63, 3.8) is 0 Å². The largest absolute Gasteiger partial charge is 0.497 e. The van der Waals surface area contributed by atoms with E-state index in [9.17, 15) is 13.6 Å². The maximum atomic E-state index is 14.0. The molecule has 21 heavy (non-hydrogen) atoms. The van der Waals surface area contributed by atoms with Gasteiger partial charge in [-0.3, -0.25) is 0 Å². The minimum atomic E-state index is -3.30. The van der Waals surface area contributed by atoms with Gasteiger partial charge in [0.15, 0.2) is 6.04 Å². The molecule has 1 aromatic carbocycles. The van der Waals surface area contributed by atoms with Crippen LogP contribution < -0.4 is 10.1 Å². The third-order valence-corrected chi connectivity index (χ3v) is 2.76. The summed E-state index contributed by atoms with van der Waals surface area (Å²) in [5.41, 5.74) is 0.373. The Morgan fingerprint density at radius 2 is 2.05 bits per heavy atom. The average molecular weight is 299 g/mol. The number of carbonyl (C=O) groups excluding carboxylic acids is 1. The maximum absolute atomic E-state index is 14.0. The third-order valence-electron chi connectivity index (χ3n) is 2.76. The summed E-state index contributed by atoms with van der Waals surface area (Å²) in [6.07, 6.45) is 0.446. The molecular weight excluding hydrogens is 280 g/mol. The highest BCUT2D eigenvalue weighted by Gasteiger charge is 2.44. The van der Waals surface area contributed by atoms with Crippen molar-refractivity contribution in [3.8, 4) is 5.75 Å². The lowest BCUT2D eigenvalue weighted by molar-refractivity contribution is -0.152. The van der Waals surface area contributed by atoms with E-state index in [1.165, 1.54) is 7.11 Å². The first-order valence-corrected chi connectivity index (χ1v) is 6.50. The first-order valence-electron chi connectivity index (χ1n) is 6.50. The second kappa shape index (κ2) is 7.61. The molecule has 4 nitrogen and oxygen atoms in total. The number of ether oxygens (including phenoxy) is 2. The molecule has 1 rings (SSSR count). The Balaban J connectivity index is 2.95. The lowest BCUT2D eigenvalue weighted by Crippen LogP contribution is -2.46. The molecule has 116 valence electrons. The van der Waals surface area contributed by atoms with Crippen LogP contribution in [0.25, 0.3) is 0 Å². The summed E-state index contributed by atoms with van der Waals surface area (Å²) in [7, 11) is 1.50. The Morgan fingerprint density at radius 3 is 2.52 bits per heavy atom. The molecule has 0 aromatic heterocycles. The molecule has 0 fully saturated rings. The summed E-state index contributed by atoms with van der Waals surface area (Å²) in [6, 6.07) is 4.54. The van der Waals surface area contributed by atoms with Crippen molar-refractivity contribution >= 4 is 11.7 Å². The topological polar surface area (TPSA) is 47.6 Å². The second-order valence-electron chi connectivity index (χ2n) is 4.31. The highest BCUT2D eigenvalue weighted by atomic mass is 19.3. The van der Waals surface area contributed by atoms with Gasteiger partial charge in [-0.15, -0.1) is 6.58 Å². The fraction of sp³-hybridized carbons (Fsp3) is 0.400. The number of benzene rings is 1. The number of rotatable bonds is 8. The average Bonchev–Trinajstić information content (AvgIpc) is 2.45. The molecule has 0 saturated carbocycles. The van der Waals surface area contributed by atoms with E-state index in [4.69, 9.17) is 9.47 Å². The van der Waals surface area contributed by atoms with Crippen LogP contribution in [0.3, 0.4) is 0 Å². The molecule has 1 aromatic rings. The second-order valence-corrected chi connectivity index (χ2v) is 4.31. The van der Waals surface area contributed by atoms with Gasteiger partial charge < -0.3 is 14.8 Å². The fourth-order valence-electron chi connectivity index (χ4n) is 1.73. The van der Waals surface area contributed by atoms with Crippen LogP contribution in [0.4, 0.5) is 14.5 Å². The van der Waals surface area contributed by atoms with Crippen molar-refractivity contribution in [1.29, 1.82) is 0 Å². The quantitative estimate of drug-likeness (QED) is 0.591. The molecule has 0 unspecified atom stereocenters. The van der Waals surface area contributed by atoms with Gasteiger partial charge in [0.25, 0.3) is 5.92 Å². The van der Waals surface area contributed by atoms with Crippen molar-refractivity contribution in [2.45, 2.75) is 25.3 Å². The Bertz CT molecular complexity index is 474. The van der Waals surface area contributed by atoms with E-state index in [0.717, 1.165) is 6.08 Å². The molecule has 6 heteroatoms. The van der Waals surface area contributed by atoms with Crippen molar-refractivity contribution < 1.29 is 23.0 Å². The van der Waals surface area contributed by atoms with Crippen molar-refractivity contribution in [1.82, 2.24) is 0 Å². The minimum absolute atomic E-state index is 0.0315. The Morgan fingerprint density at radius 1 is 1.43 bits per heavy atom. The van der Waals surface area contributed by atoms with E-state index in [1.807, 2.05) is 0 Å². The highest BCUT2D eigenvalue weighted by molar-refractivity contribution is 5.80. The number of anilines is 1. The van der Waals surface area contributed by atoms with E-state index < -0.39 is 24.4 Å². The van der Waals surface area contributed by atoms with Gasteiger partial charge >= 0.3 is 5.97 Å². The van der Waals surface area contributed by atoms with Crippen LogP contribution in [0.1, 0.15) is 13.3 Å². The van der Waals surface area contributed by atoms with Crippen LogP contribution in [0.15, 0.2) is 36.9 Å². The predicted molar refractivity (Wildman–Crippen MR) is 76.8 cm³/mol. The summed E-state index contributed by atoms with van der Waals surface area (Å²) in [4.78, 5) is 11.8. The monoisotopic (exact) mass is 299 g/mol. The SMILES string of the molecule is C=CCC(F)(F)[C@H](Nc1ccc(OC)cc1)C(=O)OCC. The molecule has 1 atom stereocenters. The summed E-state index contributed by atoms with van der Waals surface area (Å²) >= 11 is 0. The van der Waals surface area contributed by atoms with E-state index in [2.05, 4.69) is 11.9 Å². The molecule has 0 bridgehead atoms. The van der Waals surface area contributed by atoms with Crippen LogP contribution in [-0.4, -0.2) is 31.7 Å². The molecular formula is C15H19F2NO3. The summed E-state index contributed by atoms with van der Waals surface area (Å²) < 4.78 is 37.8. The number of halogens is 2. The molecule has 0 aliphatic rings. The van der Waals surface area contributed by atoms with Gasteiger partial charge in [-0.2, -0.15) is 0 Å². The molecule has 1 N–H and O–H groups in total. The number of hydrogen-bond acceptors (Lipinski definition) is 4. The van der Waals surface area contributed by atoms with Crippen LogP contribution in [0.5, 0.6) is 5.75 Å². The zero-order chi connectivity index (χ0) is 15.9. The number of nitrogens with one attached hydrogen (secondary N) is 1. The van der Waals surface area contributed by atoms with Crippen LogP contribution >= 0.6 is 0 Å². The molecule has 0 heterocycles. The van der Waals surface area contributed by atoms with E-state index in [-0.39, 0.29) is 6.61 Å². The normalized spacial score (nSPS) is 12.4. The minimum Gasteiger partial charge on any atom is -0.497 e. The van der Waals surface area contributed by atoms with Crippen molar-refractivity contribution in [2.24, 2.45) is 0 Å². The van der Waals surface area contributed by atoms with Crippen LogP contribution in [-0.2, 0) is 9.53 Å². The maximum Gasteiger partial charge on any atom is 0.334 e.